The van der Waals surface area contributed by atoms with Crippen LogP contribution < -0.4 is 9.64 Å². The van der Waals surface area contributed by atoms with Crippen molar-refractivity contribution in [3.05, 3.63) is 53.7 Å². The van der Waals surface area contributed by atoms with Crippen LogP contribution in [0.15, 0.2) is 41.1 Å². The average Bonchev–Trinajstić information content (AvgIpc) is 3.34. The van der Waals surface area contributed by atoms with Crippen molar-refractivity contribution in [2.24, 2.45) is 0 Å². The van der Waals surface area contributed by atoms with Crippen LogP contribution in [0.5, 0.6) is 5.88 Å². The maximum absolute atomic E-state index is 13.5. The minimum Gasteiger partial charge on any atom is -0.481 e. The number of hydrogen-bond donors (Lipinski definition) is 0. The van der Waals surface area contributed by atoms with E-state index in [2.05, 4.69) is 10.1 Å². The molecule has 4 rings (SSSR count). The lowest BCUT2D eigenvalue weighted by Gasteiger charge is -2.18. The molecule has 0 radical (unpaired) electrons. The maximum Gasteiger partial charge on any atom is 0.258 e. The largest absolute Gasteiger partial charge is 0.481 e. The molecule has 8 heteroatoms. The van der Waals surface area contributed by atoms with Crippen molar-refractivity contribution in [3.63, 3.8) is 0 Å². The summed E-state index contributed by atoms with van der Waals surface area (Å²) >= 11 is 0. The first-order valence-electron chi connectivity index (χ1n) is 10.0. The highest BCUT2D eigenvalue weighted by atomic mass is 16.5. The van der Waals surface area contributed by atoms with Crippen LogP contribution in [0.2, 0.25) is 0 Å². The summed E-state index contributed by atoms with van der Waals surface area (Å²) in [5.41, 5.74) is 3.37. The van der Waals surface area contributed by atoms with Crippen LogP contribution in [0, 0.1) is 13.8 Å². The van der Waals surface area contributed by atoms with E-state index in [-0.39, 0.29) is 11.9 Å². The number of fused-ring (bicyclic) bond motifs is 1. The van der Waals surface area contributed by atoms with E-state index in [0.29, 0.717) is 33.9 Å². The minimum absolute atomic E-state index is 0.0962. The summed E-state index contributed by atoms with van der Waals surface area (Å²) in [5.74, 6) is 1.86. The number of nitrogens with zero attached hydrogens (tertiary/aromatic N) is 5. The highest BCUT2D eigenvalue weighted by molar-refractivity contribution is 6.13. The van der Waals surface area contributed by atoms with E-state index < -0.39 is 0 Å². The van der Waals surface area contributed by atoms with Crippen molar-refractivity contribution >= 4 is 22.6 Å². The summed E-state index contributed by atoms with van der Waals surface area (Å²) in [6.07, 6.45) is 3.31. The van der Waals surface area contributed by atoms with Gasteiger partial charge in [0.2, 0.25) is 5.88 Å². The van der Waals surface area contributed by atoms with E-state index in [1.54, 1.807) is 43.6 Å². The highest BCUT2D eigenvalue weighted by Gasteiger charge is 2.23. The quantitative estimate of drug-likeness (QED) is 0.471. The Hall–Kier alpha value is -3.68. The van der Waals surface area contributed by atoms with Crippen LogP contribution in [0.4, 0.5) is 5.69 Å². The van der Waals surface area contributed by atoms with Crippen LogP contribution >= 0.6 is 0 Å². The summed E-state index contributed by atoms with van der Waals surface area (Å²) in [7, 11) is 3.27. The molecule has 8 nitrogen and oxygen atoms in total. The zero-order valence-electron chi connectivity index (χ0n) is 18.5. The van der Waals surface area contributed by atoms with E-state index >= 15 is 0 Å². The third kappa shape index (κ3) is 3.65. The number of aryl methyl sites for hydroxylation is 2. The molecule has 0 aliphatic rings. The molecule has 160 valence electrons. The van der Waals surface area contributed by atoms with Gasteiger partial charge >= 0.3 is 0 Å². The molecule has 4 heterocycles. The third-order valence-electron chi connectivity index (χ3n) is 5.23. The second-order valence-corrected chi connectivity index (χ2v) is 7.73. The first-order valence-corrected chi connectivity index (χ1v) is 10.0. The Balaban J connectivity index is 1.87. The van der Waals surface area contributed by atoms with Crippen molar-refractivity contribution in [3.8, 4) is 17.1 Å². The molecule has 4 aromatic heterocycles. The van der Waals surface area contributed by atoms with Gasteiger partial charge in [-0.15, -0.1) is 0 Å². The second kappa shape index (κ2) is 7.86. The van der Waals surface area contributed by atoms with Crippen LogP contribution in [-0.2, 0) is 0 Å². The van der Waals surface area contributed by atoms with E-state index in [9.17, 15) is 4.79 Å². The first kappa shape index (κ1) is 20.6. The van der Waals surface area contributed by atoms with Crippen LogP contribution in [0.1, 0.15) is 41.8 Å². The number of methoxy groups -OCH3 is 1. The molecule has 0 bridgehead atoms. The number of ether oxygens (including phenoxy) is 1. The number of pyridine rings is 2. The van der Waals surface area contributed by atoms with Gasteiger partial charge in [0.1, 0.15) is 11.5 Å². The summed E-state index contributed by atoms with van der Waals surface area (Å²) in [5, 5.41) is 5.19. The monoisotopic (exact) mass is 419 g/mol. The molecule has 0 fully saturated rings. The summed E-state index contributed by atoms with van der Waals surface area (Å²) in [6.45, 7) is 7.85. The lowest BCUT2D eigenvalue weighted by molar-refractivity contribution is 0.0994. The number of aromatic nitrogens is 4. The predicted molar refractivity (Wildman–Crippen MR) is 119 cm³/mol. The van der Waals surface area contributed by atoms with Gasteiger partial charge in [-0.05, 0) is 45.9 Å². The summed E-state index contributed by atoms with van der Waals surface area (Å²) in [6, 6.07) is 7.36. The Kier molecular flexibility index (Phi) is 5.22. The van der Waals surface area contributed by atoms with Crippen molar-refractivity contribution in [2.75, 3.05) is 19.1 Å². The smallest absolute Gasteiger partial charge is 0.258 e. The molecule has 0 unspecified atom stereocenters. The number of rotatable bonds is 5. The molecule has 31 heavy (non-hydrogen) atoms. The molecule has 0 N–H and O–H groups in total. The predicted octanol–water partition coefficient (Wildman–Crippen LogP) is 4.57. The van der Waals surface area contributed by atoms with Gasteiger partial charge < -0.3 is 14.1 Å². The zero-order valence-corrected chi connectivity index (χ0v) is 18.5. The van der Waals surface area contributed by atoms with Gasteiger partial charge in [-0.1, -0.05) is 0 Å². The van der Waals surface area contributed by atoms with E-state index in [4.69, 9.17) is 14.1 Å². The third-order valence-corrected chi connectivity index (χ3v) is 5.23. The normalized spacial score (nSPS) is 11.3. The zero-order chi connectivity index (χ0) is 22.3. The molecule has 4 aromatic rings. The van der Waals surface area contributed by atoms with Crippen molar-refractivity contribution in [2.45, 2.75) is 33.7 Å². The Morgan fingerprint density at radius 2 is 1.97 bits per heavy atom. The minimum atomic E-state index is -0.179. The fourth-order valence-electron chi connectivity index (χ4n) is 3.59. The van der Waals surface area contributed by atoms with Crippen LogP contribution in [-0.4, -0.2) is 39.8 Å². The summed E-state index contributed by atoms with van der Waals surface area (Å²) in [4.78, 5) is 24.2. The van der Waals surface area contributed by atoms with Crippen molar-refractivity contribution < 1.29 is 13.9 Å². The molecule has 0 aromatic carbocycles. The molecular formula is C23H25N5O3. The lowest BCUT2D eigenvalue weighted by atomic mass is 10.1. The lowest BCUT2D eigenvalue weighted by Crippen LogP contribution is -2.26. The molecule has 0 saturated heterocycles. The van der Waals surface area contributed by atoms with E-state index in [0.717, 1.165) is 17.1 Å². The molecule has 1 amide bonds. The second-order valence-electron chi connectivity index (χ2n) is 7.73. The van der Waals surface area contributed by atoms with E-state index in [1.807, 2.05) is 44.5 Å². The van der Waals surface area contributed by atoms with Crippen molar-refractivity contribution in [1.29, 1.82) is 0 Å². The summed E-state index contributed by atoms with van der Waals surface area (Å²) < 4.78 is 12.6. The fourth-order valence-corrected chi connectivity index (χ4v) is 3.59. The Bertz CT molecular complexity index is 1250. The van der Waals surface area contributed by atoms with Gasteiger partial charge in [0, 0.05) is 24.7 Å². The van der Waals surface area contributed by atoms with Gasteiger partial charge in [0.25, 0.3) is 5.91 Å². The topological polar surface area (TPSA) is 86.3 Å². The Morgan fingerprint density at radius 3 is 2.55 bits per heavy atom. The average molecular weight is 419 g/mol. The van der Waals surface area contributed by atoms with Gasteiger partial charge in [0.05, 0.1) is 41.8 Å². The number of carbonyl (C=O) groups is 1. The SMILES string of the molecule is COc1ccc(N(C)C(=O)c2cc(-c3cc(C)oc3C)nc3c2cnn3C(C)C)cn1. The molecule has 0 atom stereocenters. The Morgan fingerprint density at radius 1 is 1.19 bits per heavy atom. The number of hydrogen-bond acceptors (Lipinski definition) is 6. The molecule has 0 aliphatic carbocycles. The Labute approximate surface area is 180 Å². The molecule has 0 saturated carbocycles. The van der Waals surface area contributed by atoms with Gasteiger partial charge in [0.15, 0.2) is 5.65 Å². The molecule has 0 spiro atoms. The number of amides is 1. The molecule has 0 aliphatic heterocycles. The number of anilines is 1. The first-order chi connectivity index (χ1) is 14.8. The van der Waals surface area contributed by atoms with Gasteiger partial charge in [-0.3, -0.25) is 4.79 Å². The van der Waals surface area contributed by atoms with Crippen molar-refractivity contribution in [1.82, 2.24) is 19.7 Å². The standard InChI is InChI=1S/C23H25N5O3/c1-13(2)28-22-19(12-25-28)18(10-20(26-22)17-9-14(3)31-15(17)4)23(29)27(5)16-7-8-21(30-6)24-11-16/h7-13H,1-6H3. The fraction of sp³-hybridized carbons (Fsp3) is 0.304. The van der Waals surface area contributed by atoms with E-state index in [1.165, 1.54) is 0 Å². The highest BCUT2D eigenvalue weighted by Crippen LogP contribution is 2.31. The maximum atomic E-state index is 13.5. The number of carbonyl (C=O) groups excluding carboxylic acids is 1. The van der Waals surface area contributed by atoms with Gasteiger partial charge in [-0.2, -0.15) is 5.10 Å². The van der Waals surface area contributed by atoms with Crippen LogP contribution in [0.3, 0.4) is 0 Å². The number of furan rings is 1. The van der Waals surface area contributed by atoms with Gasteiger partial charge in [-0.25, -0.2) is 14.6 Å². The molecular weight excluding hydrogens is 394 g/mol. The van der Waals surface area contributed by atoms with Crippen LogP contribution in [0.25, 0.3) is 22.3 Å².